The van der Waals surface area contributed by atoms with Gasteiger partial charge in [0.05, 0.1) is 17.1 Å². The Morgan fingerprint density at radius 1 is 1.33 bits per heavy atom. The molecule has 2 heterocycles. The van der Waals surface area contributed by atoms with Crippen molar-refractivity contribution < 1.29 is 63.4 Å². The Labute approximate surface area is 181 Å². The van der Waals surface area contributed by atoms with Gasteiger partial charge < -0.3 is 14.6 Å². The van der Waals surface area contributed by atoms with Crippen LogP contribution >= 0.6 is 11.6 Å². The summed E-state index contributed by atoms with van der Waals surface area (Å²) in [5, 5.41) is 12.3. The number of aliphatic carboxylic acids is 1. The first-order chi connectivity index (χ1) is 12.3. The maximum Gasteiger partial charge on any atom is 1.00 e. The van der Waals surface area contributed by atoms with Gasteiger partial charge in [-0.3, -0.25) is 24.1 Å². The van der Waals surface area contributed by atoms with Crippen LogP contribution in [0.5, 0.6) is 0 Å². The summed E-state index contributed by atoms with van der Waals surface area (Å²) in [6.07, 6.45) is -0.508. The molecule has 0 bridgehead atoms. The monoisotopic (exact) mass is 404 g/mol. The molecular formula is C16H14ClN2NaO7. The van der Waals surface area contributed by atoms with Crippen molar-refractivity contribution in [3.8, 4) is 0 Å². The van der Waals surface area contributed by atoms with Crippen LogP contribution in [0.25, 0.3) is 0 Å². The van der Waals surface area contributed by atoms with Crippen LogP contribution < -0.4 is 39.6 Å². The number of nitrogens with zero attached hydrogens (tertiary/aromatic N) is 2. The summed E-state index contributed by atoms with van der Waals surface area (Å²) in [7, 11) is 0. The van der Waals surface area contributed by atoms with Crippen molar-refractivity contribution >= 4 is 41.0 Å². The zero-order valence-corrected chi connectivity index (χ0v) is 17.4. The average molecular weight is 405 g/mol. The summed E-state index contributed by atoms with van der Waals surface area (Å²) in [5.74, 6) is -3.90. The molecule has 1 unspecified atom stereocenters. The van der Waals surface area contributed by atoms with Crippen LogP contribution in [0, 0.1) is 0 Å². The summed E-state index contributed by atoms with van der Waals surface area (Å²) in [4.78, 5) is 54.3. The normalized spacial score (nSPS) is 24.4. The molecule has 1 aromatic carbocycles. The second-order valence-corrected chi connectivity index (χ2v) is 6.24. The van der Waals surface area contributed by atoms with E-state index in [1.807, 2.05) is 0 Å². The van der Waals surface area contributed by atoms with Crippen LogP contribution in [-0.2, 0) is 28.8 Å². The van der Waals surface area contributed by atoms with Gasteiger partial charge in [0.25, 0.3) is 11.6 Å². The maximum absolute atomic E-state index is 12.8. The van der Waals surface area contributed by atoms with E-state index < -0.39 is 35.5 Å². The number of ether oxygens (including phenoxy) is 1. The number of hydrogen-bond acceptors (Lipinski definition) is 7. The van der Waals surface area contributed by atoms with E-state index in [0.29, 0.717) is 5.06 Å². The Morgan fingerprint density at radius 3 is 2.52 bits per heavy atom. The van der Waals surface area contributed by atoms with Crippen LogP contribution in [0.15, 0.2) is 24.3 Å². The van der Waals surface area contributed by atoms with Gasteiger partial charge in [-0.1, -0.05) is 23.7 Å². The van der Waals surface area contributed by atoms with Gasteiger partial charge in [-0.05, 0) is 12.1 Å². The molecular weight excluding hydrogens is 391 g/mol. The van der Waals surface area contributed by atoms with Gasteiger partial charge >= 0.3 is 35.5 Å². The number of carboxylic acid groups (broad SMARTS) is 1. The Morgan fingerprint density at radius 2 is 2.00 bits per heavy atom. The zero-order chi connectivity index (χ0) is 19.1. The number of halogens is 1. The topological polar surface area (TPSA) is 116 Å². The molecule has 0 radical (unpaired) electrons. The molecule has 0 N–H and O–H groups in total. The van der Waals surface area contributed by atoms with E-state index in [2.05, 4.69) is 0 Å². The van der Waals surface area contributed by atoms with Crippen molar-refractivity contribution in [2.24, 2.45) is 0 Å². The van der Waals surface area contributed by atoms with Gasteiger partial charge in [0.15, 0.2) is 0 Å². The van der Waals surface area contributed by atoms with Gasteiger partial charge in [-0.2, -0.15) is 5.06 Å². The maximum atomic E-state index is 12.8. The number of cyclic esters (lactones) is 1. The van der Waals surface area contributed by atoms with E-state index in [1.165, 1.54) is 6.92 Å². The Kier molecular flexibility index (Phi) is 6.54. The van der Waals surface area contributed by atoms with Gasteiger partial charge in [-0.25, -0.2) is 0 Å². The van der Waals surface area contributed by atoms with E-state index >= 15 is 0 Å². The third kappa shape index (κ3) is 3.70. The first-order valence-corrected chi connectivity index (χ1v) is 8.10. The molecule has 0 spiro atoms. The molecule has 2 aliphatic heterocycles. The molecule has 27 heavy (non-hydrogen) atoms. The van der Waals surface area contributed by atoms with Crippen LogP contribution in [-0.4, -0.2) is 47.2 Å². The minimum absolute atomic E-state index is 0. The summed E-state index contributed by atoms with van der Waals surface area (Å²) in [6.45, 7) is 0.916. The molecule has 0 aromatic heterocycles. The van der Waals surface area contributed by atoms with Gasteiger partial charge in [0.2, 0.25) is 5.91 Å². The van der Waals surface area contributed by atoms with Crippen molar-refractivity contribution in [2.75, 3.05) is 11.5 Å². The molecule has 2 atom stereocenters. The molecule has 9 nitrogen and oxygen atoms in total. The van der Waals surface area contributed by atoms with Crippen LogP contribution in [0.1, 0.15) is 19.8 Å². The molecule has 2 fully saturated rings. The first-order valence-electron chi connectivity index (χ1n) is 7.72. The predicted octanol–water partition coefficient (Wildman–Crippen LogP) is -3.38. The molecule has 3 rings (SSSR count). The largest absolute Gasteiger partial charge is 1.00 e. The van der Waals surface area contributed by atoms with Gasteiger partial charge in [-0.15, -0.1) is 0 Å². The molecule has 11 heteroatoms. The van der Waals surface area contributed by atoms with E-state index in [1.54, 1.807) is 24.3 Å². The number of esters is 1. The number of benzene rings is 1. The third-order valence-electron chi connectivity index (χ3n) is 4.21. The number of hydrogen-bond donors (Lipinski definition) is 0. The van der Waals surface area contributed by atoms with Crippen LogP contribution in [0.4, 0.5) is 5.69 Å². The second kappa shape index (κ2) is 8.15. The molecule has 0 aliphatic carbocycles. The fraction of sp³-hybridized carbons (Fsp3) is 0.375. The summed E-state index contributed by atoms with van der Waals surface area (Å²) >= 11 is 6.12. The van der Waals surface area contributed by atoms with Gasteiger partial charge in [0.1, 0.15) is 18.6 Å². The molecule has 0 saturated carbocycles. The van der Waals surface area contributed by atoms with E-state index in [9.17, 15) is 24.3 Å². The predicted molar refractivity (Wildman–Crippen MR) is 84.3 cm³/mol. The Hall–Kier alpha value is -1.65. The summed E-state index contributed by atoms with van der Waals surface area (Å²) in [6, 6.07) is 5.22. The quantitative estimate of drug-likeness (QED) is 0.380. The van der Waals surface area contributed by atoms with Crippen molar-refractivity contribution in [1.82, 2.24) is 5.06 Å². The molecule has 2 saturated heterocycles. The average Bonchev–Trinajstić information content (AvgIpc) is 3.14. The van der Waals surface area contributed by atoms with Crippen molar-refractivity contribution in [1.29, 1.82) is 0 Å². The van der Waals surface area contributed by atoms with Crippen LogP contribution in [0.2, 0.25) is 5.02 Å². The number of carbonyl (C=O) groups is 4. The molecule has 1 aromatic rings. The first kappa shape index (κ1) is 21.6. The number of carbonyl (C=O) groups excluding carboxylic acids is 4. The third-order valence-corrected chi connectivity index (χ3v) is 4.53. The van der Waals surface area contributed by atoms with E-state index in [0.717, 1.165) is 4.90 Å². The number of rotatable bonds is 4. The Balaban J connectivity index is 0.00000261. The molecule has 2 aliphatic rings. The number of para-hydroxylation sites is 1. The zero-order valence-electron chi connectivity index (χ0n) is 14.6. The summed E-state index contributed by atoms with van der Waals surface area (Å²) in [5.41, 5.74) is -2.07. The van der Waals surface area contributed by atoms with Crippen molar-refractivity contribution in [2.45, 2.75) is 31.5 Å². The number of anilines is 1. The number of carboxylic acids is 1. The smallest absolute Gasteiger partial charge is 0.544 e. The van der Waals surface area contributed by atoms with E-state index in [4.69, 9.17) is 21.2 Å². The fourth-order valence-corrected chi connectivity index (χ4v) is 3.25. The van der Waals surface area contributed by atoms with Crippen molar-refractivity contribution in [3.05, 3.63) is 29.3 Å². The standard InChI is InChI=1S/C16H15ClN2O7.Na/c1-9(20)18(11-5-3-2-4-10(11)17)12-8-25-19(14(12)22)16(15(23)24)7-6-13(21)26-16;/h2-5,12H,6-8H2,1H3,(H,23,24);/q;+1/p-1/t12-,16?;/m0./s1. The number of hydroxylamine groups is 2. The Bertz CT molecular complexity index is 805. The van der Waals surface area contributed by atoms with Gasteiger partial charge in [0, 0.05) is 13.3 Å². The summed E-state index contributed by atoms with van der Waals surface area (Å²) < 4.78 is 4.83. The SMILES string of the molecule is CC(=O)N(c1ccccc1Cl)[C@H]1CON(C2(C(=O)[O-])CCC(=O)O2)C1=O.[Na+]. The van der Waals surface area contributed by atoms with E-state index in [-0.39, 0.29) is 59.7 Å². The minimum Gasteiger partial charge on any atom is -0.544 e. The molecule has 138 valence electrons. The minimum atomic E-state index is -2.34. The van der Waals surface area contributed by atoms with Crippen LogP contribution in [0.3, 0.4) is 0 Å². The fourth-order valence-electron chi connectivity index (χ4n) is 3.02. The molecule has 2 amide bonds. The number of amides is 2. The second-order valence-electron chi connectivity index (χ2n) is 5.83. The van der Waals surface area contributed by atoms with Crippen molar-refractivity contribution in [3.63, 3.8) is 0 Å².